The Kier molecular flexibility index (Phi) is 7.02. The number of H-pyrrole nitrogens is 1. The molecule has 3 aromatic rings. The van der Waals surface area contributed by atoms with E-state index in [1.807, 2.05) is 12.1 Å². The third kappa shape index (κ3) is 5.31. The number of aromatic amines is 1. The Hall–Kier alpha value is -2.42. The molecule has 0 amide bonds. The normalized spacial score (nSPS) is 11.8. The molecule has 0 spiro atoms. The number of rotatable bonds is 8. The first-order valence-corrected chi connectivity index (χ1v) is 9.69. The Balaban J connectivity index is 1.65. The molecule has 0 saturated carbocycles. The highest BCUT2D eigenvalue weighted by Gasteiger charge is 2.15. The standard InChI is InChI=1S/C19H18BrClN4O3/c20-16-17(23-11-12-2-1-8-22-10-12)19(25-24-18(16)27)28-9-7-15(26)13-3-5-14(21)6-4-13/h1-6,8,10,15,26H,7,9,11H2,(H2,23,24,27)/t15-/m0/s1. The summed E-state index contributed by atoms with van der Waals surface area (Å²) in [6.07, 6.45) is 3.07. The van der Waals surface area contributed by atoms with Gasteiger partial charge in [-0.1, -0.05) is 29.8 Å². The fraction of sp³-hybridized carbons (Fsp3) is 0.211. The average molecular weight is 466 g/mol. The fourth-order valence-corrected chi connectivity index (χ4v) is 3.01. The highest BCUT2D eigenvalue weighted by Crippen LogP contribution is 2.28. The first kappa shape index (κ1) is 20.3. The van der Waals surface area contributed by atoms with Crippen molar-refractivity contribution in [2.75, 3.05) is 11.9 Å². The minimum Gasteiger partial charge on any atom is -0.475 e. The van der Waals surface area contributed by atoms with Crippen LogP contribution in [0.25, 0.3) is 0 Å². The van der Waals surface area contributed by atoms with E-state index in [1.54, 1.807) is 36.7 Å². The molecular weight excluding hydrogens is 448 g/mol. The monoisotopic (exact) mass is 464 g/mol. The van der Waals surface area contributed by atoms with E-state index in [2.05, 4.69) is 36.4 Å². The molecule has 3 rings (SSSR count). The van der Waals surface area contributed by atoms with Crippen LogP contribution < -0.4 is 15.6 Å². The summed E-state index contributed by atoms with van der Waals surface area (Å²) in [6.45, 7) is 0.651. The predicted octanol–water partition coefficient (Wildman–Crippen LogP) is 3.70. The Morgan fingerprint density at radius 1 is 1.29 bits per heavy atom. The number of anilines is 1. The highest BCUT2D eigenvalue weighted by atomic mass is 79.9. The Morgan fingerprint density at radius 3 is 2.79 bits per heavy atom. The molecule has 1 atom stereocenters. The maximum Gasteiger partial charge on any atom is 0.280 e. The minimum absolute atomic E-state index is 0.205. The zero-order valence-electron chi connectivity index (χ0n) is 14.7. The van der Waals surface area contributed by atoms with Gasteiger partial charge in [-0.15, -0.1) is 5.10 Å². The van der Waals surface area contributed by atoms with E-state index < -0.39 is 6.10 Å². The summed E-state index contributed by atoms with van der Waals surface area (Å²) in [4.78, 5) is 15.9. The SMILES string of the molecule is O=c1[nH]nc(OCC[C@H](O)c2ccc(Cl)cc2)c(NCc2cccnc2)c1Br. The smallest absolute Gasteiger partial charge is 0.280 e. The zero-order chi connectivity index (χ0) is 19.9. The lowest BCUT2D eigenvalue weighted by Gasteiger charge is -2.15. The van der Waals surface area contributed by atoms with Gasteiger partial charge in [-0.05, 0) is 45.3 Å². The second-order valence-electron chi connectivity index (χ2n) is 5.97. The quantitative estimate of drug-likeness (QED) is 0.469. The zero-order valence-corrected chi connectivity index (χ0v) is 17.1. The van der Waals surface area contributed by atoms with Gasteiger partial charge in [0.2, 0.25) is 0 Å². The molecule has 0 unspecified atom stereocenters. The topological polar surface area (TPSA) is 100 Å². The lowest BCUT2D eigenvalue weighted by molar-refractivity contribution is 0.139. The van der Waals surface area contributed by atoms with Gasteiger partial charge in [-0.3, -0.25) is 9.78 Å². The summed E-state index contributed by atoms with van der Waals surface area (Å²) in [5, 5.41) is 20.4. The van der Waals surface area contributed by atoms with Crippen molar-refractivity contribution in [3.05, 3.63) is 79.8 Å². The molecule has 0 aliphatic heterocycles. The van der Waals surface area contributed by atoms with Crippen molar-refractivity contribution in [2.24, 2.45) is 0 Å². The maximum absolute atomic E-state index is 11.9. The van der Waals surface area contributed by atoms with Crippen LogP contribution in [0.2, 0.25) is 5.02 Å². The van der Waals surface area contributed by atoms with Crippen molar-refractivity contribution >= 4 is 33.2 Å². The molecule has 7 nitrogen and oxygen atoms in total. The van der Waals surface area contributed by atoms with Gasteiger partial charge in [-0.25, -0.2) is 5.10 Å². The number of hydrogen-bond acceptors (Lipinski definition) is 6. The molecule has 2 aromatic heterocycles. The van der Waals surface area contributed by atoms with E-state index in [0.29, 0.717) is 28.1 Å². The molecule has 9 heteroatoms. The van der Waals surface area contributed by atoms with Crippen LogP contribution in [0.5, 0.6) is 5.88 Å². The number of hydrogen-bond donors (Lipinski definition) is 3. The van der Waals surface area contributed by atoms with Crippen molar-refractivity contribution < 1.29 is 9.84 Å². The molecule has 28 heavy (non-hydrogen) atoms. The third-order valence-electron chi connectivity index (χ3n) is 3.97. The van der Waals surface area contributed by atoms with Crippen molar-refractivity contribution in [1.29, 1.82) is 0 Å². The fourth-order valence-electron chi connectivity index (χ4n) is 2.48. The van der Waals surface area contributed by atoms with Crippen LogP contribution in [0.1, 0.15) is 23.7 Å². The van der Waals surface area contributed by atoms with Gasteiger partial charge in [0.15, 0.2) is 0 Å². The van der Waals surface area contributed by atoms with Crippen molar-refractivity contribution in [2.45, 2.75) is 19.1 Å². The second-order valence-corrected chi connectivity index (χ2v) is 7.20. The number of halogens is 2. The first-order chi connectivity index (χ1) is 13.5. The van der Waals surface area contributed by atoms with E-state index in [9.17, 15) is 9.90 Å². The summed E-state index contributed by atoms with van der Waals surface area (Å²) < 4.78 is 5.99. The summed E-state index contributed by atoms with van der Waals surface area (Å²) in [7, 11) is 0. The number of aromatic nitrogens is 3. The van der Waals surface area contributed by atoms with Crippen LogP contribution in [0, 0.1) is 0 Å². The highest BCUT2D eigenvalue weighted by molar-refractivity contribution is 9.10. The minimum atomic E-state index is -0.699. The van der Waals surface area contributed by atoms with E-state index in [4.69, 9.17) is 16.3 Å². The Labute approximate surface area is 174 Å². The van der Waals surface area contributed by atoms with E-state index in [-0.39, 0.29) is 18.0 Å². The molecule has 0 radical (unpaired) electrons. The van der Waals surface area contributed by atoms with Gasteiger partial charge in [-0.2, -0.15) is 0 Å². The van der Waals surface area contributed by atoms with Crippen LogP contribution in [-0.2, 0) is 6.54 Å². The molecule has 0 fully saturated rings. The van der Waals surface area contributed by atoms with Crippen LogP contribution in [0.3, 0.4) is 0 Å². The summed E-state index contributed by atoms with van der Waals surface area (Å²) in [5.74, 6) is 0.235. The molecule has 1 aromatic carbocycles. The number of nitrogens with zero attached hydrogens (tertiary/aromatic N) is 2. The summed E-state index contributed by atoms with van der Waals surface area (Å²) in [6, 6.07) is 10.7. The molecular formula is C19H18BrClN4O3. The predicted molar refractivity (Wildman–Crippen MR) is 111 cm³/mol. The van der Waals surface area contributed by atoms with Crippen LogP contribution >= 0.6 is 27.5 Å². The van der Waals surface area contributed by atoms with E-state index in [1.165, 1.54) is 0 Å². The van der Waals surface area contributed by atoms with Crippen LogP contribution in [0.15, 0.2) is 58.1 Å². The molecule has 0 bridgehead atoms. The average Bonchev–Trinajstić information content (AvgIpc) is 2.71. The van der Waals surface area contributed by atoms with E-state index in [0.717, 1.165) is 11.1 Å². The molecule has 2 heterocycles. The Bertz CT molecular complexity index is 967. The molecule has 0 aliphatic carbocycles. The number of aliphatic hydroxyl groups is 1. The van der Waals surface area contributed by atoms with Gasteiger partial charge in [0, 0.05) is 30.4 Å². The number of benzene rings is 1. The number of nitrogens with one attached hydrogen (secondary N) is 2. The largest absolute Gasteiger partial charge is 0.475 e. The van der Waals surface area contributed by atoms with Gasteiger partial charge in [0.1, 0.15) is 10.2 Å². The molecule has 146 valence electrons. The van der Waals surface area contributed by atoms with Gasteiger partial charge in [0.25, 0.3) is 11.4 Å². The number of pyridine rings is 1. The summed E-state index contributed by atoms with van der Waals surface area (Å²) >= 11 is 9.13. The van der Waals surface area contributed by atoms with E-state index >= 15 is 0 Å². The van der Waals surface area contributed by atoms with Gasteiger partial charge in [0.05, 0.1) is 12.7 Å². The number of aliphatic hydroxyl groups excluding tert-OH is 1. The van der Waals surface area contributed by atoms with Gasteiger partial charge < -0.3 is 15.2 Å². The third-order valence-corrected chi connectivity index (χ3v) is 4.98. The Morgan fingerprint density at radius 2 is 2.07 bits per heavy atom. The number of ether oxygens (including phenoxy) is 1. The molecule has 0 saturated heterocycles. The van der Waals surface area contributed by atoms with Crippen LogP contribution in [0.4, 0.5) is 5.69 Å². The van der Waals surface area contributed by atoms with Crippen LogP contribution in [-0.4, -0.2) is 26.9 Å². The lowest BCUT2D eigenvalue weighted by atomic mass is 10.1. The van der Waals surface area contributed by atoms with Crippen molar-refractivity contribution in [1.82, 2.24) is 15.2 Å². The molecule has 3 N–H and O–H groups in total. The van der Waals surface area contributed by atoms with Gasteiger partial charge >= 0.3 is 0 Å². The van der Waals surface area contributed by atoms with Crippen molar-refractivity contribution in [3.8, 4) is 5.88 Å². The summed E-state index contributed by atoms with van der Waals surface area (Å²) in [5.41, 5.74) is 1.76. The van der Waals surface area contributed by atoms with Crippen molar-refractivity contribution in [3.63, 3.8) is 0 Å². The lowest BCUT2D eigenvalue weighted by Crippen LogP contribution is -2.16. The first-order valence-electron chi connectivity index (χ1n) is 8.52. The second kappa shape index (κ2) is 9.68. The molecule has 0 aliphatic rings. The maximum atomic E-state index is 11.9.